The molecule has 1 aromatic heterocycles. The van der Waals surface area contributed by atoms with Crippen molar-refractivity contribution >= 4 is 11.8 Å². The number of rotatable bonds is 7. The summed E-state index contributed by atoms with van der Waals surface area (Å²) in [7, 11) is 3.12. The maximum atomic E-state index is 12.4. The number of benzene rings is 1. The van der Waals surface area contributed by atoms with Crippen LogP contribution in [0.3, 0.4) is 0 Å². The largest absolute Gasteiger partial charge is 0.493 e. The molecule has 9 nitrogen and oxygen atoms in total. The van der Waals surface area contributed by atoms with Gasteiger partial charge in [0.25, 0.3) is 0 Å². The number of ether oxygens (including phenoxy) is 2. The van der Waals surface area contributed by atoms with Crippen LogP contribution in [0.4, 0.5) is 0 Å². The molecule has 28 heavy (non-hydrogen) atoms. The van der Waals surface area contributed by atoms with Crippen LogP contribution in [0.15, 0.2) is 22.7 Å². The van der Waals surface area contributed by atoms with Gasteiger partial charge in [-0.2, -0.15) is 4.98 Å². The molecular weight excluding hydrogens is 364 g/mol. The number of hydrogen-bond donors (Lipinski definition) is 1. The fourth-order valence-corrected chi connectivity index (χ4v) is 3.23. The topological polar surface area (TPSA) is 121 Å². The summed E-state index contributed by atoms with van der Waals surface area (Å²) in [4.78, 5) is 29.7. The zero-order valence-electron chi connectivity index (χ0n) is 16.0. The van der Waals surface area contributed by atoms with Crippen molar-refractivity contribution in [2.75, 3.05) is 27.3 Å². The summed E-state index contributed by atoms with van der Waals surface area (Å²) in [6.07, 6.45) is 1.86. The first kappa shape index (κ1) is 19.7. The van der Waals surface area contributed by atoms with Crippen LogP contribution in [-0.2, 0) is 16.0 Å². The van der Waals surface area contributed by atoms with E-state index < -0.39 is 0 Å². The molecule has 0 unspecified atom stereocenters. The third-order valence-electron chi connectivity index (χ3n) is 4.91. The van der Waals surface area contributed by atoms with E-state index in [0.717, 1.165) is 5.56 Å². The zero-order valence-corrected chi connectivity index (χ0v) is 16.0. The molecule has 1 fully saturated rings. The number of nitrogens with two attached hydrogens (primary N) is 1. The Morgan fingerprint density at radius 3 is 2.57 bits per heavy atom. The first-order valence-electron chi connectivity index (χ1n) is 9.14. The molecule has 1 aliphatic rings. The van der Waals surface area contributed by atoms with E-state index in [1.807, 2.05) is 6.07 Å². The molecule has 2 N–H and O–H groups in total. The Kier molecular flexibility index (Phi) is 6.13. The molecule has 0 aliphatic carbocycles. The van der Waals surface area contributed by atoms with Crippen LogP contribution in [0.5, 0.6) is 11.5 Å². The van der Waals surface area contributed by atoms with Gasteiger partial charge in [-0.15, -0.1) is 0 Å². The Hall–Kier alpha value is -3.10. The monoisotopic (exact) mass is 388 g/mol. The van der Waals surface area contributed by atoms with Crippen LogP contribution in [0, 0.1) is 5.92 Å². The van der Waals surface area contributed by atoms with E-state index >= 15 is 0 Å². The minimum Gasteiger partial charge on any atom is -0.493 e. The van der Waals surface area contributed by atoms with Gasteiger partial charge in [-0.05, 0) is 31.0 Å². The Bertz CT molecular complexity index is 843. The minimum atomic E-state index is -0.291. The van der Waals surface area contributed by atoms with Gasteiger partial charge >= 0.3 is 0 Å². The van der Waals surface area contributed by atoms with E-state index in [1.54, 1.807) is 31.3 Å². The van der Waals surface area contributed by atoms with E-state index in [1.165, 1.54) is 0 Å². The molecule has 2 aromatic rings. The summed E-state index contributed by atoms with van der Waals surface area (Å²) in [5.41, 5.74) is 6.05. The number of likely N-dealkylation sites (tertiary alicyclic amines) is 1. The molecule has 0 spiro atoms. The summed E-state index contributed by atoms with van der Waals surface area (Å²) in [5.74, 6) is 1.58. The third-order valence-corrected chi connectivity index (χ3v) is 4.91. The van der Waals surface area contributed by atoms with Gasteiger partial charge < -0.3 is 24.6 Å². The molecule has 2 heterocycles. The van der Waals surface area contributed by atoms with E-state index in [2.05, 4.69) is 10.1 Å². The maximum absolute atomic E-state index is 12.4. The van der Waals surface area contributed by atoms with Crippen LogP contribution < -0.4 is 15.2 Å². The van der Waals surface area contributed by atoms with Crippen molar-refractivity contribution in [3.63, 3.8) is 0 Å². The van der Waals surface area contributed by atoms with Gasteiger partial charge in [-0.3, -0.25) is 9.59 Å². The highest BCUT2D eigenvalue weighted by Gasteiger charge is 2.26. The van der Waals surface area contributed by atoms with E-state index in [4.69, 9.17) is 19.7 Å². The van der Waals surface area contributed by atoms with E-state index in [-0.39, 0.29) is 24.2 Å². The smallest absolute Gasteiger partial charge is 0.227 e. The second kappa shape index (κ2) is 8.73. The summed E-state index contributed by atoms with van der Waals surface area (Å²) >= 11 is 0. The summed E-state index contributed by atoms with van der Waals surface area (Å²) in [6.45, 7) is 1.10. The van der Waals surface area contributed by atoms with Crippen molar-refractivity contribution in [3.05, 3.63) is 24.1 Å². The predicted octanol–water partition coefficient (Wildman–Crippen LogP) is 1.41. The highest BCUT2D eigenvalue weighted by atomic mass is 16.5. The molecule has 1 aliphatic heterocycles. The highest BCUT2D eigenvalue weighted by Crippen LogP contribution is 2.31. The van der Waals surface area contributed by atoms with Gasteiger partial charge in [0.15, 0.2) is 11.5 Å². The number of piperidine rings is 1. The number of amides is 2. The SMILES string of the molecule is COc1ccc(-c2noc(CCC(=O)N3CCC(C(N)=O)CC3)n2)cc1OC. The van der Waals surface area contributed by atoms with Gasteiger partial charge in [0.2, 0.25) is 23.5 Å². The molecule has 0 radical (unpaired) electrons. The normalized spacial score (nSPS) is 14.7. The summed E-state index contributed by atoms with van der Waals surface area (Å²) < 4.78 is 15.8. The summed E-state index contributed by atoms with van der Waals surface area (Å²) in [6, 6.07) is 5.34. The Morgan fingerprint density at radius 1 is 1.21 bits per heavy atom. The Labute approximate surface area is 162 Å². The minimum absolute atomic E-state index is 0.00814. The lowest BCUT2D eigenvalue weighted by Gasteiger charge is -2.30. The molecule has 2 amide bonds. The maximum Gasteiger partial charge on any atom is 0.227 e. The molecule has 1 aromatic carbocycles. The molecule has 0 atom stereocenters. The molecule has 0 bridgehead atoms. The van der Waals surface area contributed by atoms with E-state index in [9.17, 15) is 9.59 Å². The number of carbonyl (C=O) groups excluding carboxylic acids is 2. The Morgan fingerprint density at radius 2 is 1.93 bits per heavy atom. The fourth-order valence-electron chi connectivity index (χ4n) is 3.23. The van der Waals surface area contributed by atoms with Crippen molar-refractivity contribution in [2.24, 2.45) is 11.7 Å². The van der Waals surface area contributed by atoms with Crippen LogP contribution in [0.1, 0.15) is 25.2 Å². The lowest BCUT2D eigenvalue weighted by Crippen LogP contribution is -2.41. The van der Waals surface area contributed by atoms with Gasteiger partial charge in [0.05, 0.1) is 14.2 Å². The number of aryl methyl sites for hydroxylation is 1. The molecule has 3 rings (SSSR count). The van der Waals surface area contributed by atoms with Gasteiger partial charge in [0.1, 0.15) is 0 Å². The first-order valence-corrected chi connectivity index (χ1v) is 9.14. The van der Waals surface area contributed by atoms with Crippen molar-refractivity contribution in [1.29, 1.82) is 0 Å². The number of nitrogens with zero attached hydrogens (tertiary/aromatic N) is 3. The van der Waals surface area contributed by atoms with Gasteiger partial charge in [-0.25, -0.2) is 0 Å². The van der Waals surface area contributed by atoms with Crippen LogP contribution in [0.2, 0.25) is 0 Å². The van der Waals surface area contributed by atoms with Crippen LogP contribution in [-0.4, -0.2) is 54.2 Å². The van der Waals surface area contributed by atoms with Crippen LogP contribution in [0.25, 0.3) is 11.4 Å². The number of primary amides is 1. The lowest BCUT2D eigenvalue weighted by atomic mass is 9.96. The second-order valence-corrected chi connectivity index (χ2v) is 6.64. The number of methoxy groups -OCH3 is 2. The van der Waals surface area contributed by atoms with Crippen LogP contribution >= 0.6 is 0 Å². The zero-order chi connectivity index (χ0) is 20.1. The van der Waals surface area contributed by atoms with E-state index in [0.29, 0.717) is 55.6 Å². The average molecular weight is 388 g/mol. The third kappa shape index (κ3) is 4.41. The standard InChI is InChI=1S/C19H24N4O5/c1-26-14-4-3-13(11-15(14)27-2)19-21-16(28-22-19)5-6-17(24)23-9-7-12(8-10-23)18(20)25/h3-4,11-12H,5-10H2,1-2H3,(H2,20,25). The van der Waals surface area contributed by atoms with Crippen molar-refractivity contribution in [3.8, 4) is 22.9 Å². The first-order chi connectivity index (χ1) is 13.5. The molecule has 150 valence electrons. The number of aromatic nitrogens is 2. The van der Waals surface area contributed by atoms with Crippen molar-refractivity contribution in [2.45, 2.75) is 25.7 Å². The highest BCUT2D eigenvalue weighted by molar-refractivity contribution is 5.79. The van der Waals surface area contributed by atoms with Crippen molar-refractivity contribution < 1.29 is 23.6 Å². The second-order valence-electron chi connectivity index (χ2n) is 6.64. The molecule has 1 saturated heterocycles. The molecular formula is C19H24N4O5. The quantitative estimate of drug-likeness (QED) is 0.761. The summed E-state index contributed by atoms with van der Waals surface area (Å²) in [5, 5.41) is 3.98. The number of carbonyl (C=O) groups is 2. The average Bonchev–Trinajstić information content (AvgIpc) is 3.20. The predicted molar refractivity (Wildman–Crippen MR) is 99.7 cm³/mol. The van der Waals surface area contributed by atoms with Crippen molar-refractivity contribution in [1.82, 2.24) is 15.0 Å². The van der Waals surface area contributed by atoms with Gasteiger partial charge in [-0.1, -0.05) is 5.16 Å². The molecule has 0 saturated carbocycles. The fraction of sp³-hybridized carbons (Fsp3) is 0.474. The Balaban J connectivity index is 1.56. The molecule has 9 heteroatoms. The number of hydrogen-bond acceptors (Lipinski definition) is 7. The lowest BCUT2D eigenvalue weighted by molar-refractivity contribution is -0.134. The van der Waals surface area contributed by atoms with Gasteiger partial charge in [0, 0.05) is 37.4 Å².